The summed E-state index contributed by atoms with van der Waals surface area (Å²) in [5.74, 6) is 1.50. The van der Waals surface area contributed by atoms with Crippen LogP contribution in [0.5, 0.6) is 17.4 Å². The number of carbonyl (C=O) groups is 1. The number of aromatic nitrogens is 5. The number of fused-ring (bicyclic) bond motifs is 1. The molecule has 1 amide bonds. The molecule has 0 radical (unpaired) electrons. The summed E-state index contributed by atoms with van der Waals surface area (Å²) in [7, 11) is 4.85. The van der Waals surface area contributed by atoms with Crippen LogP contribution in [0.2, 0.25) is 0 Å². The van der Waals surface area contributed by atoms with E-state index in [4.69, 9.17) is 24.2 Å². The largest absolute Gasteiger partial charge is 0.494 e. The topological polar surface area (TPSA) is 154 Å². The van der Waals surface area contributed by atoms with Crippen LogP contribution in [0, 0.1) is 5.92 Å². The first-order valence-electron chi connectivity index (χ1n) is 13.0. The summed E-state index contributed by atoms with van der Waals surface area (Å²) in [6, 6.07) is 10.0. The molecule has 1 aliphatic heterocycles. The first kappa shape index (κ1) is 28.4. The van der Waals surface area contributed by atoms with Crippen LogP contribution in [-0.4, -0.2) is 78.5 Å². The Labute approximate surface area is 239 Å². The van der Waals surface area contributed by atoms with Gasteiger partial charge in [0.15, 0.2) is 17.1 Å². The van der Waals surface area contributed by atoms with Crippen LogP contribution in [0.25, 0.3) is 28.5 Å². The summed E-state index contributed by atoms with van der Waals surface area (Å²) >= 11 is -2.36. The van der Waals surface area contributed by atoms with Gasteiger partial charge >= 0.3 is 0 Å². The van der Waals surface area contributed by atoms with Gasteiger partial charge in [-0.15, -0.1) is 0 Å². The average Bonchev–Trinajstić information content (AvgIpc) is 3.35. The highest BCUT2D eigenvalue weighted by Gasteiger charge is 2.34. The second-order valence-corrected chi connectivity index (χ2v) is 10.2. The van der Waals surface area contributed by atoms with Crippen molar-refractivity contribution in [3.63, 3.8) is 0 Å². The maximum atomic E-state index is 12.5. The molecule has 0 spiro atoms. The summed E-state index contributed by atoms with van der Waals surface area (Å²) in [6.45, 7) is 2.85. The molecule has 216 valence electrons. The fourth-order valence-corrected chi connectivity index (χ4v) is 5.51. The molecule has 0 bridgehead atoms. The van der Waals surface area contributed by atoms with Crippen molar-refractivity contribution in [2.24, 2.45) is 5.92 Å². The van der Waals surface area contributed by atoms with E-state index < -0.39 is 17.3 Å². The van der Waals surface area contributed by atoms with Crippen molar-refractivity contribution in [3.05, 3.63) is 48.3 Å². The van der Waals surface area contributed by atoms with Crippen molar-refractivity contribution in [3.8, 4) is 34.6 Å². The van der Waals surface area contributed by atoms with Crippen LogP contribution in [0.4, 0.5) is 0 Å². The van der Waals surface area contributed by atoms with Gasteiger partial charge in [0.25, 0.3) is 0 Å². The van der Waals surface area contributed by atoms with Crippen molar-refractivity contribution in [2.75, 3.05) is 34.4 Å². The third-order valence-corrected chi connectivity index (χ3v) is 7.43. The number of para-hydroxylation sites is 1. The van der Waals surface area contributed by atoms with Gasteiger partial charge in [0.1, 0.15) is 22.9 Å². The molecule has 3 atom stereocenters. The van der Waals surface area contributed by atoms with E-state index in [1.807, 2.05) is 13.0 Å². The molecule has 14 heteroatoms. The molecule has 41 heavy (non-hydrogen) atoms. The van der Waals surface area contributed by atoms with Gasteiger partial charge in [-0.25, -0.2) is 28.9 Å². The lowest BCUT2D eigenvalue weighted by atomic mass is 9.88. The Morgan fingerprint density at radius 3 is 2.51 bits per heavy atom. The van der Waals surface area contributed by atoms with Gasteiger partial charge in [-0.1, -0.05) is 12.1 Å². The Morgan fingerprint density at radius 2 is 1.85 bits per heavy atom. The van der Waals surface area contributed by atoms with Gasteiger partial charge in [0.05, 0.1) is 38.8 Å². The van der Waals surface area contributed by atoms with Crippen LogP contribution >= 0.6 is 0 Å². The number of methoxy groups -OCH3 is 2. The molecule has 2 N–H and O–H groups in total. The van der Waals surface area contributed by atoms with Gasteiger partial charge in [0.2, 0.25) is 23.1 Å². The fourth-order valence-electron chi connectivity index (χ4n) is 4.98. The molecule has 1 unspecified atom stereocenters. The zero-order valence-electron chi connectivity index (χ0n) is 23.1. The molecule has 0 saturated carbocycles. The molecule has 1 aromatic carbocycles. The lowest BCUT2D eigenvalue weighted by Crippen LogP contribution is -2.41. The first-order chi connectivity index (χ1) is 19.8. The zero-order chi connectivity index (χ0) is 29.1. The van der Waals surface area contributed by atoms with E-state index >= 15 is 0 Å². The second-order valence-electron chi connectivity index (χ2n) is 9.43. The monoisotopic (exact) mass is 581 g/mol. The minimum Gasteiger partial charge on any atom is -0.494 e. The maximum absolute atomic E-state index is 12.5. The van der Waals surface area contributed by atoms with E-state index in [0.717, 1.165) is 0 Å². The smallest absolute Gasteiger partial charge is 0.232 e. The Morgan fingerprint density at radius 1 is 1.12 bits per heavy atom. The SMILES string of the molecule is CCOc1cccc(-c2nc3ncc([C@@H](NS(=O)O)[C@H]4CCN(C)C(=O)C4)nc3n2-c2c(OC)cccc2OC)n1. The third-order valence-electron chi connectivity index (χ3n) is 6.98. The predicted molar refractivity (Wildman–Crippen MR) is 151 cm³/mol. The minimum atomic E-state index is -2.36. The minimum absolute atomic E-state index is 0.0443. The Balaban J connectivity index is 1.75. The van der Waals surface area contributed by atoms with Crippen LogP contribution in [0.15, 0.2) is 42.6 Å². The highest BCUT2D eigenvalue weighted by molar-refractivity contribution is 7.77. The van der Waals surface area contributed by atoms with Gasteiger partial charge in [-0.2, -0.15) is 0 Å². The molecule has 1 aliphatic rings. The Kier molecular flexibility index (Phi) is 8.42. The molecular formula is C27H31N7O6S. The number of nitrogens with one attached hydrogen (secondary N) is 1. The van der Waals surface area contributed by atoms with Crippen molar-refractivity contribution in [1.82, 2.24) is 34.1 Å². The molecule has 13 nitrogen and oxygen atoms in total. The highest BCUT2D eigenvalue weighted by Crippen LogP contribution is 2.38. The Hall–Kier alpha value is -4.14. The van der Waals surface area contributed by atoms with Crippen LogP contribution in [0.1, 0.15) is 31.5 Å². The van der Waals surface area contributed by atoms with Crippen molar-refractivity contribution in [2.45, 2.75) is 25.8 Å². The Bertz CT molecular complexity index is 1570. The normalized spacial score (nSPS) is 17.0. The first-order valence-corrected chi connectivity index (χ1v) is 14.1. The summed E-state index contributed by atoms with van der Waals surface area (Å²) < 4.78 is 43.2. The lowest BCUT2D eigenvalue weighted by Gasteiger charge is -2.33. The molecule has 4 aromatic rings. The maximum Gasteiger partial charge on any atom is 0.232 e. The van der Waals surface area contributed by atoms with Crippen molar-refractivity contribution < 1.29 is 27.8 Å². The second kappa shape index (κ2) is 12.2. The molecule has 1 saturated heterocycles. The van der Waals surface area contributed by atoms with E-state index in [2.05, 4.69) is 14.7 Å². The number of benzene rings is 1. The number of amides is 1. The zero-order valence-corrected chi connectivity index (χ0v) is 23.9. The van der Waals surface area contributed by atoms with E-state index in [9.17, 15) is 13.6 Å². The van der Waals surface area contributed by atoms with E-state index in [1.165, 1.54) is 6.20 Å². The number of carbonyl (C=O) groups excluding carboxylic acids is 1. The summed E-state index contributed by atoms with van der Waals surface area (Å²) in [4.78, 5) is 33.1. The molecule has 1 fully saturated rings. The van der Waals surface area contributed by atoms with E-state index in [0.29, 0.717) is 71.1 Å². The molecule has 0 aliphatic carbocycles. The lowest BCUT2D eigenvalue weighted by molar-refractivity contribution is -0.133. The number of likely N-dealkylation sites (tertiary alicyclic amines) is 1. The van der Waals surface area contributed by atoms with Gasteiger partial charge in [-0.3, -0.25) is 13.9 Å². The third kappa shape index (κ3) is 5.71. The summed E-state index contributed by atoms with van der Waals surface area (Å²) in [5, 5.41) is 0. The van der Waals surface area contributed by atoms with Crippen molar-refractivity contribution >= 4 is 28.5 Å². The molecular weight excluding hydrogens is 550 g/mol. The number of pyridine rings is 1. The van der Waals surface area contributed by atoms with Gasteiger partial charge < -0.3 is 19.1 Å². The highest BCUT2D eigenvalue weighted by atomic mass is 32.2. The fraction of sp³-hybridized carbons (Fsp3) is 0.370. The summed E-state index contributed by atoms with van der Waals surface area (Å²) in [6.07, 6.45) is 2.33. The van der Waals surface area contributed by atoms with E-state index in [-0.39, 0.29) is 18.2 Å². The molecule has 4 heterocycles. The molecule has 5 rings (SSSR count). The summed E-state index contributed by atoms with van der Waals surface area (Å²) in [5.41, 5.74) is 2.06. The number of nitrogens with zero attached hydrogens (tertiary/aromatic N) is 6. The number of rotatable bonds is 10. The van der Waals surface area contributed by atoms with Crippen LogP contribution in [0.3, 0.4) is 0 Å². The average molecular weight is 582 g/mol. The predicted octanol–water partition coefficient (Wildman–Crippen LogP) is 2.93. The standard InChI is InChI=1S/C27H31N7O6S/c1-5-40-21-11-6-8-17(29-21)26-31-25-27(34(26)24-19(38-3)9-7-10-20(24)39-4)30-18(15-28-25)23(32-41(36)37)16-12-13-33(2)22(35)14-16/h6-11,15-16,23,32H,5,12-14H2,1-4H3,(H,36,37)/t16-,23-/m0/s1. The quantitative estimate of drug-likeness (QED) is 0.267. The van der Waals surface area contributed by atoms with Gasteiger partial charge in [0, 0.05) is 26.1 Å². The van der Waals surface area contributed by atoms with Crippen molar-refractivity contribution in [1.29, 1.82) is 0 Å². The number of ether oxygens (including phenoxy) is 3. The van der Waals surface area contributed by atoms with E-state index in [1.54, 1.807) is 61.1 Å². The molecule has 3 aromatic heterocycles. The van der Waals surface area contributed by atoms with Gasteiger partial charge in [-0.05, 0) is 37.5 Å². The number of piperidine rings is 1. The number of imidazole rings is 1. The van der Waals surface area contributed by atoms with Crippen LogP contribution < -0.4 is 18.9 Å². The van der Waals surface area contributed by atoms with Crippen LogP contribution in [-0.2, 0) is 16.1 Å². The number of hydrogen-bond acceptors (Lipinski definition) is 9. The number of hydrogen-bond donors (Lipinski definition) is 2.